The van der Waals surface area contributed by atoms with Crippen molar-refractivity contribution < 1.29 is 0 Å². The molecule has 0 aliphatic carbocycles. The maximum absolute atomic E-state index is 5.75. The molecule has 0 atom stereocenters. The number of rotatable bonds is 0. The van der Waals surface area contributed by atoms with Crippen molar-refractivity contribution in [2.45, 2.75) is 38.6 Å². The second kappa shape index (κ2) is 2.27. The Morgan fingerprint density at radius 2 is 2.00 bits per heavy atom. The zero-order valence-corrected chi connectivity index (χ0v) is 6.35. The normalized spacial score (nSPS) is 28.3. The Labute approximate surface area is 57.0 Å². The predicted octanol–water partition coefficient (Wildman–Crippen LogP) is 1.12. The molecule has 0 radical (unpaired) electrons. The van der Waals surface area contributed by atoms with Crippen LogP contribution in [0.4, 0.5) is 0 Å². The third kappa shape index (κ3) is 1.43. The summed E-state index contributed by atoms with van der Waals surface area (Å²) in [5.74, 6) is 5.75. The SMILES string of the molecule is CC1(C)CCCCN1N. The van der Waals surface area contributed by atoms with Crippen LogP contribution in [-0.4, -0.2) is 17.1 Å². The molecule has 0 amide bonds. The highest BCUT2D eigenvalue weighted by Gasteiger charge is 2.26. The maximum atomic E-state index is 5.75. The first-order valence-corrected chi connectivity index (χ1v) is 3.65. The van der Waals surface area contributed by atoms with Crippen molar-refractivity contribution in [3.63, 3.8) is 0 Å². The van der Waals surface area contributed by atoms with E-state index in [1.54, 1.807) is 0 Å². The summed E-state index contributed by atoms with van der Waals surface area (Å²) in [6.45, 7) is 5.46. The predicted molar refractivity (Wildman–Crippen MR) is 38.8 cm³/mol. The summed E-state index contributed by atoms with van der Waals surface area (Å²) in [4.78, 5) is 0. The van der Waals surface area contributed by atoms with Gasteiger partial charge in [0.2, 0.25) is 0 Å². The molecule has 0 aromatic carbocycles. The molecule has 1 aliphatic rings. The topological polar surface area (TPSA) is 29.3 Å². The van der Waals surface area contributed by atoms with Crippen LogP contribution >= 0.6 is 0 Å². The van der Waals surface area contributed by atoms with Crippen molar-refractivity contribution in [1.29, 1.82) is 0 Å². The van der Waals surface area contributed by atoms with Gasteiger partial charge in [0.15, 0.2) is 0 Å². The standard InChI is InChI=1S/C7H16N2/c1-7(2)5-3-4-6-9(7)8/h3-6,8H2,1-2H3. The minimum atomic E-state index is 0.248. The van der Waals surface area contributed by atoms with Gasteiger partial charge in [0, 0.05) is 12.1 Å². The van der Waals surface area contributed by atoms with Crippen molar-refractivity contribution in [3.8, 4) is 0 Å². The van der Waals surface area contributed by atoms with E-state index in [0.29, 0.717) is 0 Å². The first-order valence-electron chi connectivity index (χ1n) is 3.65. The Morgan fingerprint density at radius 3 is 2.33 bits per heavy atom. The molecule has 0 aromatic rings. The summed E-state index contributed by atoms with van der Waals surface area (Å²) in [5, 5.41) is 1.95. The molecular weight excluding hydrogens is 112 g/mol. The molecule has 1 heterocycles. The maximum Gasteiger partial charge on any atom is 0.0295 e. The van der Waals surface area contributed by atoms with Crippen LogP contribution in [0, 0.1) is 0 Å². The molecule has 0 bridgehead atoms. The van der Waals surface area contributed by atoms with Crippen LogP contribution in [-0.2, 0) is 0 Å². The van der Waals surface area contributed by atoms with Crippen molar-refractivity contribution in [3.05, 3.63) is 0 Å². The summed E-state index contributed by atoms with van der Waals surface area (Å²) < 4.78 is 0. The first-order chi connectivity index (χ1) is 4.13. The van der Waals surface area contributed by atoms with Gasteiger partial charge in [0.05, 0.1) is 0 Å². The van der Waals surface area contributed by atoms with E-state index in [2.05, 4.69) is 13.8 Å². The molecule has 1 fully saturated rings. The third-order valence-corrected chi connectivity index (χ3v) is 2.22. The molecule has 9 heavy (non-hydrogen) atoms. The van der Waals surface area contributed by atoms with Crippen molar-refractivity contribution in [2.75, 3.05) is 6.54 Å². The Bertz CT molecular complexity index is 99.1. The van der Waals surface area contributed by atoms with E-state index in [0.717, 1.165) is 6.54 Å². The zero-order valence-electron chi connectivity index (χ0n) is 6.35. The van der Waals surface area contributed by atoms with Crippen LogP contribution < -0.4 is 5.84 Å². The lowest BCUT2D eigenvalue weighted by molar-refractivity contribution is 0.0776. The highest BCUT2D eigenvalue weighted by Crippen LogP contribution is 2.23. The van der Waals surface area contributed by atoms with Gasteiger partial charge >= 0.3 is 0 Å². The highest BCUT2D eigenvalue weighted by molar-refractivity contribution is 4.81. The molecule has 2 N–H and O–H groups in total. The van der Waals surface area contributed by atoms with Gasteiger partial charge in [0.25, 0.3) is 0 Å². The van der Waals surface area contributed by atoms with Gasteiger partial charge in [0.1, 0.15) is 0 Å². The molecule has 0 spiro atoms. The van der Waals surface area contributed by atoms with Gasteiger partial charge in [-0.25, -0.2) is 5.01 Å². The molecule has 0 saturated carbocycles. The van der Waals surface area contributed by atoms with Gasteiger partial charge in [-0.15, -0.1) is 0 Å². The van der Waals surface area contributed by atoms with E-state index < -0.39 is 0 Å². The summed E-state index contributed by atoms with van der Waals surface area (Å²) in [6.07, 6.45) is 3.84. The van der Waals surface area contributed by atoms with Crippen LogP contribution in [0.25, 0.3) is 0 Å². The molecule has 54 valence electrons. The number of piperidine rings is 1. The average Bonchev–Trinajstić information content (AvgIpc) is 1.77. The number of nitrogens with zero attached hydrogens (tertiary/aromatic N) is 1. The third-order valence-electron chi connectivity index (χ3n) is 2.22. The van der Waals surface area contributed by atoms with E-state index in [9.17, 15) is 0 Å². The van der Waals surface area contributed by atoms with Crippen LogP contribution in [0.5, 0.6) is 0 Å². The second-order valence-corrected chi connectivity index (χ2v) is 3.46. The largest absolute Gasteiger partial charge is 0.268 e. The quantitative estimate of drug-likeness (QED) is 0.495. The molecule has 1 saturated heterocycles. The zero-order chi connectivity index (χ0) is 6.91. The van der Waals surface area contributed by atoms with Crippen molar-refractivity contribution >= 4 is 0 Å². The second-order valence-electron chi connectivity index (χ2n) is 3.46. The Hall–Kier alpha value is -0.0800. The van der Waals surface area contributed by atoms with E-state index in [1.807, 2.05) is 5.01 Å². The lowest BCUT2D eigenvalue weighted by atomic mass is 9.92. The number of hydrazine groups is 1. The molecular formula is C7H16N2. The van der Waals surface area contributed by atoms with E-state index >= 15 is 0 Å². The molecule has 2 nitrogen and oxygen atoms in total. The lowest BCUT2D eigenvalue weighted by Gasteiger charge is -2.38. The van der Waals surface area contributed by atoms with E-state index in [1.165, 1.54) is 19.3 Å². The average molecular weight is 128 g/mol. The highest BCUT2D eigenvalue weighted by atomic mass is 15.4. The Balaban J connectivity index is 2.49. The summed E-state index contributed by atoms with van der Waals surface area (Å²) >= 11 is 0. The monoisotopic (exact) mass is 128 g/mol. The Kier molecular flexibility index (Phi) is 1.78. The lowest BCUT2D eigenvalue weighted by Crippen LogP contribution is -2.51. The van der Waals surface area contributed by atoms with Crippen LogP contribution in [0.15, 0.2) is 0 Å². The van der Waals surface area contributed by atoms with Gasteiger partial charge in [-0.3, -0.25) is 5.84 Å². The molecule has 1 rings (SSSR count). The first kappa shape index (κ1) is 7.03. The fourth-order valence-corrected chi connectivity index (χ4v) is 1.29. The number of nitrogens with two attached hydrogens (primary N) is 1. The minimum absolute atomic E-state index is 0.248. The van der Waals surface area contributed by atoms with Crippen LogP contribution in [0.2, 0.25) is 0 Å². The van der Waals surface area contributed by atoms with Gasteiger partial charge < -0.3 is 0 Å². The van der Waals surface area contributed by atoms with Gasteiger partial charge in [-0.2, -0.15) is 0 Å². The van der Waals surface area contributed by atoms with Gasteiger partial charge in [-0.1, -0.05) is 6.42 Å². The number of hydrogen-bond donors (Lipinski definition) is 1. The van der Waals surface area contributed by atoms with Crippen molar-refractivity contribution in [2.24, 2.45) is 5.84 Å². The van der Waals surface area contributed by atoms with Crippen LogP contribution in [0.3, 0.4) is 0 Å². The fourth-order valence-electron chi connectivity index (χ4n) is 1.29. The summed E-state index contributed by atoms with van der Waals surface area (Å²) in [7, 11) is 0. The van der Waals surface area contributed by atoms with Crippen molar-refractivity contribution in [1.82, 2.24) is 5.01 Å². The number of hydrogen-bond acceptors (Lipinski definition) is 2. The van der Waals surface area contributed by atoms with E-state index in [-0.39, 0.29) is 5.54 Å². The fraction of sp³-hybridized carbons (Fsp3) is 1.00. The Morgan fingerprint density at radius 1 is 1.33 bits per heavy atom. The molecule has 0 unspecified atom stereocenters. The van der Waals surface area contributed by atoms with Crippen LogP contribution in [0.1, 0.15) is 33.1 Å². The summed E-state index contributed by atoms with van der Waals surface area (Å²) in [5.41, 5.74) is 0.248. The van der Waals surface area contributed by atoms with Gasteiger partial charge in [-0.05, 0) is 26.7 Å². The molecule has 1 aliphatic heterocycles. The van der Waals surface area contributed by atoms with E-state index in [4.69, 9.17) is 5.84 Å². The minimum Gasteiger partial charge on any atom is -0.268 e. The summed E-state index contributed by atoms with van der Waals surface area (Å²) in [6, 6.07) is 0. The molecule has 0 aromatic heterocycles. The molecule has 2 heteroatoms. The smallest absolute Gasteiger partial charge is 0.0295 e.